The fourth-order valence-electron chi connectivity index (χ4n) is 2.66. The molecule has 1 saturated heterocycles. The predicted octanol–water partition coefficient (Wildman–Crippen LogP) is 3.46. The highest BCUT2D eigenvalue weighted by molar-refractivity contribution is 8.15. The number of hydrogen-bond acceptors (Lipinski definition) is 6. The molecule has 0 spiro atoms. The average molecular weight is 382 g/mol. The van der Waals surface area contributed by atoms with E-state index in [1.807, 2.05) is 25.1 Å². The third-order valence-corrected chi connectivity index (χ3v) is 5.12. The van der Waals surface area contributed by atoms with Crippen molar-refractivity contribution in [2.24, 2.45) is 10.2 Å². The molecular formula is C19H18N4O3S. The van der Waals surface area contributed by atoms with Crippen LogP contribution in [0, 0.1) is 17.0 Å². The number of carbonyl (C=O) groups excluding carboxylic acids is 1. The SMILES string of the molecule is C/C(=N/N=C1\NC(=O)[C@H](Cc2cccc(C)c2)S1)c1cccc([N+](=O)[O-])c1. The molecule has 3 rings (SSSR count). The lowest BCUT2D eigenvalue weighted by atomic mass is 10.1. The molecule has 2 aromatic carbocycles. The number of aryl methyl sites for hydroxylation is 1. The van der Waals surface area contributed by atoms with Gasteiger partial charge in [0.25, 0.3) is 5.69 Å². The molecule has 7 nitrogen and oxygen atoms in total. The van der Waals surface area contributed by atoms with Gasteiger partial charge in [-0.25, -0.2) is 0 Å². The molecule has 1 amide bonds. The van der Waals surface area contributed by atoms with E-state index >= 15 is 0 Å². The van der Waals surface area contributed by atoms with E-state index in [2.05, 4.69) is 21.6 Å². The molecule has 1 heterocycles. The number of nitrogens with one attached hydrogen (secondary N) is 1. The molecule has 8 heteroatoms. The molecule has 0 bridgehead atoms. The van der Waals surface area contributed by atoms with Gasteiger partial charge in [-0.2, -0.15) is 5.10 Å². The smallest absolute Gasteiger partial charge is 0.270 e. The Morgan fingerprint density at radius 1 is 1.26 bits per heavy atom. The van der Waals surface area contributed by atoms with E-state index in [0.717, 1.165) is 11.1 Å². The molecule has 0 unspecified atom stereocenters. The number of nitro benzene ring substituents is 1. The van der Waals surface area contributed by atoms with Crippen LogP contribution in [0.5, 0.6) is 0 Å². The summed E-state index contributed by atoms with van der Waals surface area (Å²) in [6.07, 6.45) is 0.616. The summed E-state index contributed by atoms with van der Waals surface area (Å²) >= 11 is 1.34. The normalized spacial score (nSPS) is 18.6. The first-order valence-corrected chi connectivity index (χ1v) is 9.20. The number of benzene rings is 2. The molecule has 1 N–H and O–H groups in total. The first-order valence-electron chi connectivity index (χ1n) is 8.32. The molecular weight excluding hydrogens is 364 g/mol. The van der Waals surface area contributed by atoms with Gasteiger partial charge < -0.3 is 5.32 Å². The van der Waals surface area contributed by atoms with Gasteiger partial charge in [-0.15, -0.1) is 5.10 Å². The van der Waals surface area contributed by atoms with E-state index < -0.39 is 4.92 Å². The topological polar surface area (TPSA) is 97.0 Å². The van der Waals surface area contributed by atoms with Crippen molar-refractivity contribution in [3.63, 3.8) is 0 Å². The Kier molecular flexibility index (Phi) is 5.66. The molecule has 1 fully saturated rings. The van der Waals surface area contributed by atoms with E-state index in [1.165, 1.54) is 23.9 Å². The van der Waals surface area contributed by atoms with Crippen molar-refractivity contribution in [2.45, 2.75) is 25.5 Å². The maximum absolute atomic E-state index is 12.2. The number of amides is 1. The van der Waals surface area contributed by atoms with Crippen LogP contribution in [0.4, 0.5) is 5.69 Å². The molecule has 0 aliphatic carbocycles. The van der Waals surface area contributed by atoms with Gasteiger partial charge in [0.15, 0.2) is 5.17 Å². The van der Waals surface area contributed by atoms with Crippen LogP contribution in [0.2, 0.25) is 0 Å². The second-order valence-electron chi connectivity index (χ2n) is 6.19. The number of amidine groups is 1. The fourth-order valence-corrected chi connectivity index (χ4v) is 3.62. The van der Waals surface area contributed by atoms with Crippen LogP contribution in [0.15, 0.2) is 58.7 Å². The van der Waals surface area contributed by atoms with Gasteiger partial charge in [0.05, 0.1) is 15.9 Å². The first kappa shape index (κ1) is 18.8. The number of nitrogens with zero attached hydrogens (tertiary/aromatic N) is 3. The molecule has 1 atom stereocenters. The minimum Gasteiger partial charge on any atom is -0.303 e. The van der Waals surface area contributed by atoms with Gasteiger partial charge in [-0.05, 0) is 25.8 Å². The summed E-state index contributed by atoms with van der Waals surface area (Å²) < 4.78 is 0. The highest BCUT2D eigenvalue weighted by Crippen LogP contribution is 2.24. The monoisotopic (exact) mass is 382 g/mol. The average Bonchev–Trinajstić information content (AvgIpc) is 2.99. The molecule has 1 aliphatic rings. The van der Waals surface area contributed by atoms with Crippen molar-refractivity contribution >= 4 is 34.2 Å². The second-order valence-corrected chi connectivity index (χ2v) is 7.38. The van der Waals surface area contributed by atoms with Gasteiger partial charge >= 0.3 is 0 Å². The molecule has 2 aromatic rings. The summed E-state index contributed by atoms with van der Waals surface area (Å²) in [6, 6.07) is 14.3. The molecule has 138 valence electrons. The molecule has 27 heavy (non-hydrogen) atoms. The quantitative estimate of drug-likeness (QED) is 0.486. The molecule has 1 aliphatic heterocycles. The summed E-state index contributed by atoms with van der Waals surface area (Å²) in [6.45, 7) is 3.73. The Bertz CT molecular complexity index is 955. The van der Waals surface area contributed by atoms with Crippen LogP contribution < -0.4 is 5.32 Å². The summed E-state index contributed by atoms with van der Waals surface area (Å²) in [5, 5.41) is 22.0. The lowest BCUT2D eigenvalue weighted by Crippen LogP contribution is -2.26. The minimum atomic E-state index is -0.453. The van der Waals surface area contributed by atoms with Crippen LogP contribution in [0.25, 0.3) is 0 Å². The Hall–Kier alpha value is -3.00. The lowest BCUT2D eigenvalue weighted by molar-refractivity contribution is -0.384. The van der Waals surface area contributed by atoms with Gasteiger partial charge in [0, 0.05) is 17.7 Å². The Morgan fingerprint density at radius 2 is 2.04 bits per heavy atom. The zero-order valence-corrected chi connectivity index (χ0v) is 15.7. The Morgan fingerprint density at radius 3 is 2.78 bits per heavy atom. The molecule has 0 aromatic heterocycles. The van der Waals surface area contributed by atoms with Crippen LogP contribution >= 0.6 is 11.8 Å². The van der Waals surface area contributed by atoms with Crippen molar-refractivity contribution in [3.8, 4) is 0 Å². The summed E-state index contributed by atoms with van der Waals surface area (Å²) in [5.41, 5.74) is 3.39. The third-order valence-electron chi connectivity index (χ3n) is 4.05. The fraction of sp³-hybridized carbons (Fsp3) is 0.211. The summed E-state index contributed by atoms with van der Waals surface area (Å²) in [4.78, 5) is 22.6. The first-order chi connectivity index (χ1) is 12.9. The third kappa shape index (κ3) is 4.79. The highest BCUT2D eigenvalue weighted by Gasteiger charge is 2.30. The Balaban J connectivity index is 1.70. The van der Waals surface area contributed by atoms with Crippen LogP contribution in [0.3, 0.4) is 0 Å². The predicted molar refractivity (Wildman–Crippen MR) is 107 cm³/mol. The van der Waals surface area contributed by atoms with Gasteiger partial charge in [0.2, 0.25) is 5.91 Å². The summed E-state index contributed by atoms with van der Waals surface area (Å²) in [7, 11) is 0. The summed E-state index contributed by atoms with van der Waals surface area (Å²) in [5.74, 6) is -0.0940. The molecule has 0 radical (unpaired) electrons. The minimum absolute atomic E-state index is 0.00327. The molecule has 0 saturated carbocycles. The van der Waals surface area contributed by atoms with Gasteiger partial charge in [-0.3, -0.25) is 14.9 Å². The lowest BCUT2D eigenvalue weighted by Gasteiger charge is -2.05. The van der Waals surface area contributed by atoms with Crippen molar-refractivity contribution < 1.29 is 9.72 Å². The van der Waals surface area contributed by atoms with Crippen molar-refractivity contribution in [1.29, 1.82) is 0 Å². The number of hydrogen-bond donors (Lipinski definition) is 1. The van der Waals surface area contributed by atoms with Crippen LogP contribution in [-0.2, 0) is 11.2 Å². The van der Waals surface area contributed by atoms with Crippen molar-refractivity contribution in [3.05, 3.63) is 75.3 Å². The van der Waals surface area contributed by atoms with E-state index in [9.17, 15) is 14.9 Å². The largest absolute Gasteiger partial charge is 0.303 e. The number of nitro groups is 1. The van der Waals surface area contributed by atoms with E-state index in [0.29, 0.717) is 22.9 Å². The zero-order valence-electron chi connectivity index (χ0n) is 14.9. The van der Waals surface area contributed by atoms with Crippen LogP contribution in [0.1, 0.15) is 23.6 Å². The van der Waals surface area contributed by atoms with Gasteiger partial charge in [-0.1, -0.05) is 53.7 Å². The van der Waals surface area contributed by atoms with Gasteiger partial charge in [0.1, 0.15) is 0 Å². The Labute approximate surface area is 160 Å². The van der Waals surface area contributed by atoms with Crippen LogP contribution in [-0.4, -0.2) is 27.0 Å². The maximum atomic E-state index is 12.2. The van der Waals surface area contributed by atoms with E-state index in [4.69, 9.17) is 0 Å². The van der Waals surface area contributed by atoms with E-state index in [1.54, 1.807) is 19.1 Å². The number of carbonyl (C=O) groups is 1. The maximum Gasteiger partial charge on any atom is 0.270 e. The number of rotatable bonds is 5. The zero-order chi connectivity index (χ0) is 19.4. The highest BCUT2D eigenvalue weighted by atomic mass is 32.2. The second kappa shape index (κ2) is 8.13. The van der Waals surface area contributed by atoms with E-state index in [-0.39, 0.29) is 16.8 Å². The number of non-ortho nitro benzene ring substituents is 1. The van der Waals surface area contributed by atoms with Crippen molar-refractivity contribution in [1.82, 2.24) is 5.32 Å². The standard InChI is InChI=1S/C19H18N4O3S/c1-12-5-3-6-14(9-12)10-17-18(24)20-19(27-17)22-21-13(2)15-7-4-8-16(11-15)23(25)26/h3-9,11,17H,10H2,1-2H3,(H,20,22,24)/b21-13-/t17-/m0/s1. The number of thioether (sulfide) groups is 1. The van der Waals surface area contributed by atoms with Crippen molar-refractivity contribution in [2.75, 3.05) is 0 Å².